The number of rotatable bonds is 4. The van der Waals surface area contributed by atoms with Gasteiger partial charge in [0.15, 0.2) is 0 Å². The molecule has 1 aliphatic rings. The largest absolute Gasteiger partial charge is 0.0804 e. The van der Waals surface area contributed by atoms with Crippen molar-refractivity contribution in [2.45, 2.75) is 47.0 Å². The molecule has 0 aromatic carbocycles. The van der Waals surface area contributed by atoms with Gasteiger partial charge in [-0.1, -0.05) is 58.1 Å². The van der Waals surface area contributed by atoms with Gasteiger partial charge in [0.2, 0.25) is 0 Å². The highest BCUT2D eigenvalue weighted by molar-refractivity contribution is 5.37. The summed E-state index contributed by atoms with van der Waals surface area (Å²) in [5.41, 5.74) is 1.76. The normalized spacial score (nSPS) is 27.9. The third kappa shape index (κ3) is 3.37. The summed E-state index contributed by atoms with van der Waals surface area (Å²) in [7, 11) is 0. The Hall–Kier alpha value is -0.780. The van der Waals surface area contributed by atoms with Gasteiger partial charge in [-0.25, -0.2) is 0 Å². The van der Waals surface area contributed by atoms with Crippen LogP contribution in [0.15, 0.2) is 36.0 Å². The van der Waals surface area contributed by atoms with Crippen molar-refractivity contribution in [2.24, 2.45) is 11.3 Å². The van der Waals surface area contributed by atoms with Crippen molar-refractivity contribution < 1.29 is 0 Å². The molecule has 0 N–H and O–H groups in total. The average molecular weight is 204 g/mol. The van der Waals surface area contributed by atoms with Crippen LogP contribution in [0, 0.1) is 11.3 Å². The highest BCUT2D eigenvalue weighted by atomic mass is 14.3. The van der Waals surface area contributed by atoms with Crippen LogP contribution < -0.4 is 0 Å². The maximum absolute atomic E-state index is 2.42. The Morgan fingerprint density at radius 3 is 2.67 bits per heavy atom. The summed E-state index contributed by atoms with van der Waals surface area (Å²) in [6.45, 7) is 9.16. The fourth-order valence-electron chi connectivity index (χ4n) is 1.91. The molecule has 1 rings (SSSR count). The standard InChI is InChI=1S/C15H24/c1-5-15(4)12-7-6-10-14(15)11-8-9-13(2)3/h6-7,10-13H,5,8-9H2,1-4H3. The number of allylic oxidation sites excluding steroid dienone is 6. The molecule has 0 aromatic rings. The Balaban J connectivity index is 2.66. The van der Waals surface area contributed by atoms with Crippen LogP contribution in [0.4, 0.5) is 0 Å². The molecule has 0 nitrogen and oxygen atoms in total. The van der Waals surface area contributed by atoms with Gasteiger partial charge in [0.05, 0.1) is 0 Å². The Kier molecular flexibility index (Phi) is 4.38. The molecule has 0 saturated heterocycles. The first-order valence-electron chi connectivity index (χ1n) is 6.15. The summed E-state index contributed by atoms with van der Waals surface area (Å²) < 4.78 is 0. The molecule has 0 heteroatoms. The van der Waals surface area contributed by atoms with E-state index in [2.05, 4.69) is 58.1 Å². The molecular weight excluding hydrogens is 180 g/mol. The first-order valence-corrected chi connectivity index (χ1v) is 6.15. The first kappa shape index (κ1) is 12.3. The van der Waals surface area contributed by atoms with Gasteiger partial charge >= 0.3 is 0 Å². The van der Waals surface area contributed by atoms with E-state index >= 15 is 0 Å². The van der Waals surface area contributed by atoms with Crippen LogP contribution in [0.3, 0.4) is 0 Å². The zero-order valence-corrected chi connectivity index (χ0v) is 10.6. The molecule has 0 aromatic heterocycles. The van der Waals surface area contributed by atoms with Gasteiger partial charge in [-0.2, -0.15) is 0 Å². The van der Waals surface area contributed by atoms with Crippen LogP contribution in [0.25, 0.3) is 0 Å². The lowest BCUT2D eigenvalue weighted by Crippen LogP contribution is -2.15. The molecular formula is C15H24. The summed E-state index contributed by atoms with van der Waals surface area (Å²) in [5.74, 6) is 0.804. The Morgan fingerprint density at radius 1 is 1.33 bits per heavy atom. The lowest BCUT2D eigenvalue weighted by Gasteiger charge is -2.28. The Bertz CT molecular complexity index is 278. The lowest BCUT2D eigenvalue weighted by atomic mass is 9.76. The van der Waals surface area contributed by atoms with Gasteiger partial charge < -0.3 is 0 Å². The molecule has 1 atom stereocenters. The van der Waals surface area contributed by atoms with Crippen molar-refractivity contribution in [3.8, 4) is 0 Å². The van der Waals surface area contributed by atoms with E-state index in [0.29, 0.717) is 0 Å². The van der Waals surface area contributed by atoms with Crippen LogP contribution in [-0.4, -0.2) is 0 Å². The van der Waals surface area contributed by atoms with E-state index in [9.17, 15) is 0 Å². The van der Waals surface area contributed by atoms with Crippen molar-refractivity contribution in [2.75, 3.05) is 0 Å². The minimum absolute atomic E-state index is 0.270. The maximum atomic E-state index is 2.42. The molecule has 1 aliphatic carbocycles. The molecule has 0 bridgehead atoms. The average Bonchev–Trinajstić information content (AvgIpc) is 2.20. The minimum atomic E-state index is 0.270. The fraction of sp³-hybridized carbons (Fsp3) is 0.600. The maximum Gasteiger partial charge on any atom is 0.0101 e. The molecule has 0 heterocycles. The third-order valence-electron chi connectivity index (χ3n) is 3.35. The highest BCUT2D eigenvalue weighted by Crippen LogP contribution is 2.36. The van der Waals surface area contributed by atoms with E-state index in [-0.39, 0.29) is 5.41 Å². The lowest BCUT2D eigenvalue weighted by molar-refractivity contribution is 0.498. The predicted octanol–water partition coefficient (Wildman–Crippen LogP) is 4.89. The summed E-state index contributed by atoms with van der Waals surface area (Å²) in [4.78, 5) is 0. The van der Waals surface area contributed by atoms with Crippen molar-refractivity contribution >= 4 is 0 Å². The van der Waals surface area contributed by atoms with Crippen molar-refractivity contribution in [3.05, 3.63) is 36.0 Å². The van der Waals surface area contributed by atoms with Gasteiger partial charge in [-0.3, -0.25) is 0 Å². The van der Waals surface area contributed by atoms with E-state index in [0.717, 1.165) is 5.92 Å². The van der Waals surface area contributed by atoms with Crippen LogP contribution in [0.2, 0.25) is 0 Å². The molecule has 0 saturated carbocycles. The van der Waals surface area contributed by atoms with Crippen LogP contribution >= 0.6 is 0 Å². The van der Waals surface area contributed by atoms with E-state index in [1.165, 1.54) is 24.8 Å². The van der Waals surface area contributed by atoms with Gasteiger partial charge in [-0.15, -0.1) is 0 Å². The Labute approximate surface area is 94.8 Å². The fourth-order valence-corrected chi connectivity index (χ4v) is 1.91. The highest BCUT2D eigenvalue weighted by Gasteiger charge is 2.23. The monoisotopic (exact) mass is 204 g/mol. The molecule has 0 aliphatic heterocycles. The van der Waals surface area contributed by atoms with Crippen LogP contribution in [-0.2, 0) is 0 Å². The van der Waals surface area contributed by atoms with Crippen molar-refractivity contribution in [3.63, 3.8) is 0 Å². The second-order valence-corrected chi connectivity index (χ2v) is 5.12. The zero-order valence-electron chi connectivity index (χ0n) is 10.6. The van der Waals surface area contributed by atoms with Gasteiger partial charge in [0.25, 0.3) is 0 Å². The van der Waals surface area contributed by atoms with E-state index in [1.54, 1.807) is 0 Å². The second-order valence-electron chi connectivity index (χ2n) is 5.12. The topological polar surface area (TPSA) is 0 Å². The quantitative estimate of drug-likeness (QED) is 0.611. The molecule has 15 heavy (non-hydrogen) atoms. The molecule has 0 spiro atoms. The van der Waals surface area contributed by atoms with Gasteiger partial charge in [-0.05, 0) is 30.8 Å². The third-order valence-corrected chi connectivity index (χ3v) is 3.35. The summed E-state index contributed by atoms with van der Waals surface area (Å²) >= 11 is 0. The first-order chi connectivity index (χ1) is 7.08. The molecule has 84 valence electrons. The van der Waals surface area contributed by atoms with Gasteiger partial charge in [0.1, 0.15) is 0 Å². The van der Waals surface area contributed by atoms with Crippen molar-refractivity contribution in [1.82, 2.24) is 0 Å². The van der Waals surface area contributed by atoms with Crippen LogP contribution in [0.1, 0.15) is 47.0 Å². The molecule has 0 fully saturated rings. The van der Waals surface area contributed by atoms with E-state index < -0.39 is 0 Å². The van der Waals surface area contributed by atoms with Gasteiger partial charge in [0, 0.05) is 5.41 Å². The van der Waals surface area contributed by atoms with Crippen LogP contribution in [0.5, 0.6) is 0 Å². The second kappa shape index (κ2) is 5.34. The predicted molar refractivity (Wildman–Crippen MR) is 68.8 cm³/mol. The summed E-state index contributed by atoms with van der Waals surface area (Å²) in [6, 6.07) is 0. The molecule has 0 radical (unpaired) electrons. The smallest absolute Gasteiger partial charge is 0.0101 e. The zero-order chi connectivity index (χ0) is 11.3. The van der Waals surface area contributed by atoms with E-state index in [4.69, 9.17) is 0 Å². The Morgan fingerprint density at radius 2 is 2.07 bits per heavy atom. The summed E-state index contributed by atoms with van der Waals surface area (Å²) in [6.07, 6.45) is 15.0. The summed E-state index contributed by atoms with van der Waals surface area (Å²) in [5, 5.41) is 0. The number of hydrogen-bond acceptors (Lipinski definition) is 0. The minimum Gasteiger partial charge on any atom is -0.0804 e. The number of hydrogen-bond donors (Lipinski definition) is 0. The van der Waals surface area contributed by atoms with E-state index in [1.807, 2.05) is 0 Å². The molecule has 0 amide bonds. The molecule has 1 unspecified atom stereocenters. The van der Waals surface area contributed by atoms with Crippen molar-refractivity contribution in [1.29, 1.82) is 0 Å². The SMILES string of the molecule is CCC1(C)C=CC=CC1=CCCC(C)C.